The molecule has 2 aromatic heterocycles. The van der Waals surface area contributed by atoms with Gasteiger partial charge in [0.15, 0.2) is 5.58 Å². The van der Waals surface area contributed by atoms with Gasteiger partial charge >= 0.3 is 11.7 Å². The number of rotatable bonds is 2. The zero-order chi connectivity index (χ0) is 16.6. The van der Waals surface area contributed by atoms with Gasteiger partial charge in [0, 0.05) is 26.2 Å². The third-order valence-corrected chi connectivity index (χ3v) is 4.76. The topological polar surface area (TPSA) is 83.2 Å². The number of fused-ring (bicyclic) bond motifs is 1. The Hall–Kier alpha value is -2.32. The van der Waals surface area contributed by atoms with Crippen LogP contribution in [0.1, 0.15) is 5.56 Å². The minimum atomic E-state index is -0.656. The summed E-state index contributed by atoms with van der Waals surface area (Å²) in [5, 5.41) is 10.1. The first-order valence-electron chi connectivity index (χ1n) is 7.03. The van der Waals surface area contributed by atoms with Gasteiger partial charge in [-0.15, -0.1) is 11.3 Å². The Bertz CT molecular complexity index is 819. The van der Waals surface area contributed by atoms with E-state index in [2.05, 4.69) is 6.58 Å². The van der Waals surface area contributed by atoms with Crippen molar-refractivity contribution < 1.29 is 19.1 Å². The number of nitrogens with zero attached hydrogens (tertiary/aromatic N) is 2. The number of thiophene rings is 1. The second-order valence-corrected chi connectivity index (χ2v) is 6.21. The molecular weight excluding hydrogens is 320 g/mol. The fraction of sp³-hybridized carbons (Fsp3) is 0.333. The zero-order valence-electron chi connectivity index (χ0n) is 12.6. The standard InChI is InChI=1S/C15H16N2O5S/c1-9(18)10-7-12-11(22-14(10)19)8-13(23-12)16(2)15(20)17-3-5-21-6-4-17/h7-8,18H,1,3-6H2,2H3. The lowest BCUT2D eigenvalue weighted by atomic mass is 10.2. The van der Waals surface area contributed by atoms with Crippen molar-refractivity contribution in [2.24, 2.45) is 0 Å². The van der Waals surface area contributed by atoms with Crippen molar-refractivity contribution in [1.29, 1.82) is 0 Å². The predicted molar refractivity (Wildman–Crippen MR) is 88.2 cm³/mol. The summed E-state index contributed by atoms with van der Waals surface area (Å²) in [6.07, 6.45) is 0. The second kappa shape index (κ2) is 6.05. The number of carbonyl (C=O) groups is 1. The van der Waals surface area contributed by atoms with Gasteiger partial charge in [-0.05, 0) is 6.07 Å². The van der Waals surface area contributed by atoms with E-state index in [0.29, 0.717) is 41.6 Å². The molecule has 0 saturated carbocycles. The summed E-state index contributed by atoms with van der Waals surface area (Å²) in [4.78, 5) is 27.5. The van der Waals surface area contributed by atoms with Gasteiger partial charge in [0.25, 0.3) is 0 Å². The summed E-state index contributed by atoms with van der Waals surface area (Å²) in [6.45, 7) is 5.51. The highest BCUT2D eigenvalue weighted by Gasteiger charge is 2.23. The molecule has 1 N–H and O–H groups in total. The Balaban J connectivity index is 1.91. The predicted octanol–water partition coefficient (Wildman–Crippen LogP) is 2.27. The van der Waals surface area contributed by atoms with E-state index in [9.17, 15) is 14.7 Å². The van der Waals surface area contributed by atoms with E-state index in [1.807, 2.05) is 0 Å². The molecule has 0 bridgehead atoms. The quantitative estimate of drug-likeness (QED) is 0.851. The molecule has 1 saturated heterocycles. The van der Waals surface area contributed by atoms with Crippen LogP contribution in [-0.4, -0.2) is 49.4 Å². The first kappa shape index (κ1) is 15.6. The SMILES string of the molecule is C=C(O)c1cc2sc(N(C)C(=O)N3CCOCC3)cc2oc1=O. The number of aliphatic hydroxyl groups is 1. The zero-order valence-corrected chi connectivity index (χ0v) is 13.4. The van der Waals surface area contributed by atoms with Crippen molar-refractivity contribution in [3.05, 3.63) is 34.7 Å². The van der Waals surface area contributed by atoms with Gasteiger partial charge in [0.2, 0.25) is 0 Å². The van der Waals surface area contributed by atoms with Crippen molar-refractivity contribution in [3.63, 3.8) is 0 Å². The molecule has 0 unspecified atom stereocenters. The molecule has 0 atom stereocenters. The number of anilines is 1. The average molecular weight is 336 g/mol. The van der Waals surface area contributed by atoms with E-state index < -0.39 is 5.63 Å². The number of ether oxygens (including phenoxy) is 1. The fourth-order valence-electron chi connectivity index (χ4n) is 2.33. The maximum Gasteiger partial charge on any atom is 0.347 e. The lowest BCUT2D eigenvalue weighted by Gasteiger charge is -2.30. The Kier molecular flexibility index (Phi) is 4.10. The van der Waals surface area contributed by atoms with E-state index >= 15 is 0 Å². The van der Waals surface area contributed by atoms with Gasteiger partial charge in [-0.1, -0.05) is 6.58 Å². The molecule has 0 spiro atoms. The van der Waals surface area contributed by atoms with Crippen molar-refractivity contribution in [1.82, 2.24) is 4.90 Å². The van der Waals surface area contributed by atoms with Gasteiger partial charge < -0.3 is 19.2 Å². The van der Waals surface area contributed by atoms with Crippen LogP contribution in [0.15, 0.2) is 27.9 Å². The van der Waals surface area contributed by atoms with Crippen molar-refractivity contribution in [2.75, 3.05) is 38.3 Å². The molecule has 0 aliphatic carbocycles. The van der Waals surface area contributed by atoms with Gasteiger partial charge in [-0.25, -0.2) is 9.59 Å². The monoisotopic (exact) mass is 336 g/mol. The highest BCUT2D eigenvalue weighted by molar-refractivity contribution is 7.22. The number of hydrogen-bond acceptors (Lipinski definition) is 6. The number of aliphatic hydroxyl groups excluding tert-OH is 1. The molecule has 2 aromatic rings. The van der Waals surface area contributed by atoms with Crippen molar-refractivity contribution in [2.45, 2.75) is 0 Å². The summed E-state index contributed by atoms with van der Waals surface area (Å²) >= 11 is 1.30. The van der Waals surface area contributed by atoms with E-state index in [0.717, 1.165) is 0 Å². The highest BCUT2D eigenvalue weighted by atomic mass is 32.1. The van der Waals surface area contributed by atoms with Gasteiger partial charge in [0.1, 0.15) is 16.3 Å². The summed E-state index contributed by atoms with van der Waals surface area (Å²) < 4.78 is 11.1. The Morgan fingerprint density at radius 1 is 1.39 bits per heavy atom. The van der Waals surface area contributed by atoms with Crippen LogP contribution in [0.3, 0.4) is 0 Å². The van der Waals surface area contributed by atoms with Gasteiger partial charge in [-0.3, -0.25) is 4.90 Å². The Morgan fingerprint density at radius 2 is 2.09 bits per heavy atom. The van der Waals surface area contributed by atoms with E-state index in [4.69, 9.17) is 9.15 Å². The van der Waals surface area contributed by atoms with E-state index in [1.165, 1.54) is 22.3 Å². The summed E-state index contributed by atoms with van der Waals surface area (Å²) in [6, 6.07) is 3.03. The molecule has 7 nitrogen and oxygen atoms in total. The molecule has 23 heavy (non-hydrogen) atoms. The van der Waals surface area contributed by atoms with Crippen LogP contribution < -0.4 is 10.5 Å². The normalized spacial score (nSPS) is 14.9. The molecule has 122 valence electrons. The van der Waals surface area contributed by atoms with Gasteiger partial charge in [0.05, 0.1) is 17.9 Å². The largest absolute Gasteiger partial charge is 0.508 e. The molecule has 8 heteroatoms. The van der Waals surface area contributed by atoms with Crippen LogP contribution in [0.2, 0.25) is 0 Å². The number of carbonyl (C=O) groups excluding carboxylic acids is 1. The highest BCUT2D eigenvalue weighted by Crippen LogP contribution is 2.32. The van der Waals surface area contributed by atoms with Crippen LogP contribution in [0, 0.1) is 0 Å². The van der Waals surface area contributed by atoms with Crippen LogP contribution in [0.5, 0.6) is 0 Å². The Labute approximate surface area is 136 Å². The molecule has 0 aromatic carbocycles. The van der Waals surface area contributed by atoms with E-state index in [-0.39, 0.29) is 17.4 Å². The van der Waals surface area contributed by atoms with Crippen LogP contribution in [-0.2, 0) is 4.74 Å². The average Bonchev–Trinajstić information content (AvgIpc) is 2.96. The number of morpholine rings is 1. The first-order chi connectivity index (χ1) is 11.0. The van der Waals surface area contributed by atoms with Gasteiger partial charge in [-0.2, -0.15) is 0 Å². The summed E-state index contributed by atoms with van der Waals surface area (Å²) in [7, 11) is 1.67. The lowest BCUT2D eigenvalue weighted by molar-refractivity contribution is 0.0551. The third kappa shape index (κ3) is 2.95. The minimum absolute atomic E-state index is 0.0214. The maximum atomic E-state index is 12.5. The molecule has 1 aliphatic rings. The molecule has 0 radical (unpaired) electrons. The number of urea groups is 1. The molecule has 1 aliphatic heterocycles. The van der Waals surface area contributed by atoms with Crippen LogP contribution >= 0.6 is 11.3 Å². The summed E-state index contributed by atoms with van der Waals surface area (Å²) in [5.74, 6) is -0.339. The molecule has 2 amide bonds. The number of hydrogen-bond donors (Lipinski definition) is 1. The molecule has 3 rings (SSSR count). The second-order valence-electron chi connectivity index (χ2n) is 5.15. The smallest absolute Gasteiger partial charge is 0.347 e. The molecule has 1 fully saturated rings. The minimum Gasteiger partial charge on any atom is -0.508 e. The lowest BCUT2D eigenvalue weighted by Crippen LogP contribution is -2.46. The molecular formula is C15H16N2O5S. The van der Waals surface area contributed by atoms with Crippen molar-refractivity contribution >= 4 is 38.4 Å². The molecule has 3 heterocycles. The number of amides is 2. The fourth-order valence-corrected chi connectivity index (χ4v) is 3.31. The van der Waals surface area contributed by atoms with Crippen molar-refractivity contribution in [3.8, 4) is 0 Å². The summed E-state index contributed by atoms with van der Waals surface area (Å²) in [5.41, 5.74) is -0.258. The maximum absolute atomic E-state index is 12.5. The van der Waals surface area contributed by atoms with Crippen LogP contribution in [0.4, 0.5) is 9.80 Å². The third-order valence-electron chi connectivity index (χ3n) is 3.62. The van der Waals surface area contributed by atoms with Crippen LogP contribution in [0.25, 0.3) is 16.0 Å². The first-order valence-corrected chi connectivity index (χ1v) is 7.85. The Morgan fingerprint density at radius 3 is 2.74 bits per heavy atom. The van der Waals surface area contributed by atoms with E-state index in [1.54, 1.807) is 18.0 Å².